The van der Waals surface area contributed by atoms with E-state index in [9.17, 15) is 26.4 Å². The maximum absolute atomic E-state index is 13.5. The number of hydrogen-bond donors (Lipinski definition) is 1. The fourth-order valence-corrected chi connectivity index (χ4v) is 5.09. The SMILES string of the molecule is CS(=O)(=O)c1cccc(-c2ccc(-c3cc(C(F)(F)F)nn3-c3cc(C(N)=O)ccc3Cl)s2)c1. The third kappa shape index (κ3) is 4.72. The van der Waals surface area contributed by atoms with Crippen LogP contribution >= 0.6 is 22.9 Å². The van der Waals surface area contributed by atoms with Crippen LogP contribution in [0.3, 0.4) is 0 Å². The van der Waals surface area contributed by atoms with E-state index >= 15 is 0 Å². The summed E-state index contributed by atoms with van der Waals surface area (Å²) < 4.78 is 65.3. The van der Waals surface area contributed by atoms with E-state index in [1.54, 1.807) is 24.3 Å². The first-order chi connectivity index (χ1) is 15.8. The zero-order valence-corrected chi connectivity index (χ0v) is 19.7. The maximum Gasteiger partial charge on any atom is 0.435 e. The fourth-order valence-electron chi connectivity index (χ4n) is 3.22. The van der Waals surface area contributed by atoms with Crippen LogP contribution in [0.25, 0.3) is 26.7 Å². The summed E-state index contributed by atoms with van der Waals surface area (Å²) in [7, 11) is -3.44. The third-order valence-corrected chi connectivity index (χ3v) is 7.45. The van der Waals surface area contributed by atoms with Gasteiger partial charge in [0.25, 0.3) is 0 Å². The first-order valence-electron chi connectivity index (χ1n) is 9.52. The summed E-state index contributed by atoms with van der Waals surface area (Å²) in [6.45, 7) is 0. The lowest BCUT2D eigenvalue weighted by atomic mass is 10.2. The number of hydrogen-bond acceptors (Lipinski definition) is 5. The Bertz CT molecular complexity index is 1530. The van der Waals surface area contributed by atoms with E-state index in [1.165, 1.54) is 30.3 Å². The van der Waals surface area contributed by atoms with Gasteiger partial charge in [0.15, 0.2) is 15.5 Å². The highest BCUT2D eigenvalue weighted by Gasteiger charge is 2.35. The molecule has 176 valence electrons. The number of amides is 1. The molecule has 34 heavy (non-hydrogen) atoms. The standard InChI is InChI=1S/C22H15ClF3N3O3S2/c1-34(31,32)14-4-2-3-12(9-14)18-7-8-19(33-18)17-11-20(22(24,25)26)28-29(17)16-10-13(21(27)30)5-6-15(16)23/h2-11H,1H3,(H2,27,30). The summed E-state index contributed by atoms with van der Waals surface area (Å²) in [5.74, 6) is -0.771. The molecule has 0 fully saturated rings. The average Bonchev–Trinajstić information content (AvgIpc) is 3.40. The van der Waals surface area contributed by atoms with Crippen molar-refractivity contribution in [2.24, 2.45) is 5.73 Å². The van der Waals surface area contributed by atoms with E-state index in [0.717, 1.165) is 28.3 Å². The van der Waals surface area contributed by atoms with Gasteiger partial charge in [-0.15, -0.1) is 11.3 Å². The number of thiophene rings is 1. The zero-order chi connectivity index (χ0) is 24.8. The number of benzene rings is 2. The van der Waals surface area contributed by atoms with E-state index in [1.807, 2.05) is 0 Å². The lowest BCUT2D eigenvalue weighted by Crippen LogP contribution is -2.12. The minimum atomic E-state index is -4.72. The minimum Gasteiger partial charge on any atom is -0.366 e. The number of rotatable bonds is 5. The molecule has 0 radical (unpaired) electrons. The van der Waals surface area contributed by atoms with E-state index in [4.69, 9.17) is 17.3 Å². The molecule has 2 aromatic heterocycles. The summed E-state index contributed by atoms with van der Waals surface area (Å²) in [4.78, 5) is 12.8. The van der Waals surface area contributed by atoms with E-state index in [0.29, 0.717) is 15.3 Å². The van der Waals surface area contributed by atoms with Crippen molar-refractivity contribution < 1.29 is 26.4 Å². The topological polar surface area (TPSA) is 95.1 Å². The van der Waals surface area contributed by atoms with Gasteiger partial charge >= 0.3 is 6.18 Å². The second-order valence-electron chi connectivity index (χ2n) is 7.32. The number of carbonyl (C=O) groups is 1. The van der Waals surface area contributed by atoms with E-state index < -0.39 is 27.6 Å². The first-order valence-corrected chi connectivity index (χ1v) is 12.6. The van der Waals surface area contributed by atoms with Crippen LogP contribution in [0.5, 0.6) is 0 Å². The number of carbonyl (C=O) groups excluding carboxylic acids is 1. The molecule has 4 aromatic rings. The molecule has 2 N–H and O–H groups in total. The molecule has 6 nitrogen and oxygen atoms in total. The molecule has 0 saturated heterocycles. The van der Waals surface area contributed by atoms with Crippen molar-refractivity contribution in [2.75, 3.05) is 6.26 Å². The van der Waals surface area contributed by atoms with Crippen molar-refractivity contribution in [3.8, 4) is 26.7 Å². The first kappa shape index (κ1) is 24.0. The lowest BCUT2D eigenvalue weighted by Gasteiger charge is -2.10. The quantitative estimate of drug-likeness (QED) is 0.375. The van der Waals surface area contributed by atoms with Gasteiger partial charge in [-0.05, 0) is 54.1 Å². The summed E-state index contributed by atoms with van der Waals surface area (Å²) in [6, 6.07) is 14.4. The molecule has 2 heterocycles. The Balaban J connectivity index is 1.87. The normalized spacial score (nSPS) is 12.1. The highest BCUT2D eigenvalue weighted by atomic mass is 35.5. The Morgan fingerprint density at radius 3 is 2.41 bits per heavy atom. The molecule has 0 aliphatic heterocycles. The van der Waals surface area contributed by atoms with Crippen LogP contribution in [0.1, 0.15) is 16.1 Å². The second-order valence-corrected chi connectivity index (χ2v) is 10.8. The molecule has 0 unspecified atom stereocenters. The van der Waals surface area contributed by atoms with Crippen LogP contribution in [0, 0.1) is 0 Å². The number of primary amides is 1. The Morgan fingerprint density at radius 1 is 1.06 bits per heavy atom. The molecule has 0 atom stereocenters. The molecular weight excluding hydrogens is 511 g/mol. The van der Waals surface area contributed by atoms with Crippen LogP contribution in [0.15, 0.2) is 65.6 Å². The number of halogens is 4. The Kier molecular flexibility index (Phi) is 6.05. The smallest absolute Gasteiger partial charge is 0.366 e. The zero-order valence-electron chi connectivity index (χ0n) is 17.3. The van der Waals surface area contributed by atoms with Crippen molar-refractivity contribution in [1.29, 1.82) is 0 Å². The van der Waals surface area contributed by atoms with Gasteiger partial charge in [-0.1, -0.05) is 23.7 Å². The molecule has 0 bridgehead atoms. The van der Waals surface area contributed by atoms with Gasteiger partial charge in [-0.2, -0.15) is 18.3 Å². The average molecular weight is 526 g/mol. The third-order valence-electron chi connectivity index (χ3n) is 4.86. The van der Waals surface area contributed by atoms with Crippen molar-refractivity contribution in [3.05, 3.63) is 76.9 Å². The Hall–Kier alpha value is -3.15. The van der Waals surface area contributed by atoms with Crippen molar-refractivity contribution in [3.63, 3.8) is 0 Å². The lowest BCUT2D eigenvalue weighted by molar-refractivity contribution is -0.141. The van der Waals surface area contributed by atoms with E-state index in [2.05, 4.69) is 5.10 Å². The largest absolute Gasteiger partial charge is 0.435 e. The number of aromatic nitrogens is 2. The van der Waals surface area contributed by atoms with Crippen LogP contribution in [-0.2, 0) is 16.0 Å². The number of alkyl halides is 3. The Morgan fingerprint density at radius 2 is 1.76 bits per heavy atom. The van der Waals surface area contributed by atoms with Gasteiger partial charge in [-0.25, -0.2) is 13.1 Å². The van der Waals surface area contributed by atoms with Crippen LogP contribution in [0.2, 0.25) is 5.02 Å². The molecule has 2 aromatic carbocycles. The van der Waals surface area contributed by atoms with Gasteiger partial charge in [0.1, 0.15) is 0 Å². The molecule has 0 spiro atoms. The van der Waals surface area contributed by atoms with Crippen LogP contribution in [-0.4, -0.2) is 30.4 Å². The van der Waals surface area contributed by atoms with Crippen LogP contribution in [0.4, 0.5) is 13.2 Å². The van der Waals surface area contributed by atoms with Gasteiger partial charge < -0.3 is 5.73 Å². The van der Waals surface area contributed by atoms with Crippen molar-refractivity contribution in [2.45, 2.75) is 11.1 Å². The van der Waals surface area contributed by atoms with Crippen molar-refractivity contribution in [1.82, 2.24) is 9.78 Å². The predicted octanol–water partition coefficient (Wildman–Crippen LogP) is 5.44. The highest BCUT2D eigenvalue weighted by Crippen LogP contribution is 2.39. The monoisotopic (exact) mass is 525 g/mol. The van der Waals surface area contributed by atoms with Gasteiger partial charge in [0.2, 0.25) is 5.91 Å². The molecular formula is C22H15ClF3N3O3S2. The number of nitrogens with two attached hydrogens (primary N) is 1. The second kappa shape index (κ2) is 8.57. The molecule has 1 amide bonds. The summed E-state index contributed by atoms with van der Waals surface area (Å²) in [6.07, 6.45) is -3.63. The summed E-state index contributed by atoms with van der Waals surface area (Å²) in [5.41, 5.74) is 4.96. The molecule has 0 aliphatic rings. The van der Waals surface area contributed by atoms with Gasteiger partial charge in [0, 0.05) is 16.7 Å². The molecule has 12 heteroatoms. The number of nitrogens with zero attached hydrogens (tertiary/aromatic N) is 2. The maximum atomic E-state index is 13.5. The molecule has 4 rings (SSSR count). The van der Waals surface area contributed by atoms with Gasteiger partial charge in [0.05, 0.1) is 26.2 Å². The predicted molar refractivity (Wildman–Crippen MR) is 124 cm³/mol. The minimum absolute atomic E-state index is 0.0532. The van der Waals surface area contributed by atoms with E-state index in [-0.39, 0.29) is 26.9 Å². The summed E-state index contributed by atoms with van der Waals surface area (Å²) in [5, 5.41) is 3.77. The summed E-state index contributed by atoms with van der Waals surface area (Å²) >= 11 is 7.38. The van der Waals surface area contributed by atoms with Crippen molar-refractivity contribution >= 4 is 38.7 Å². The molecule has 0 saturated carbocycles. The van der Waals surface area contributed by atoms with Gasteiger partial charge in [-0.3, -0.25) is 4.79 Å². The fraction of sp³-hybridized carbons (Fsp3) is 0.0909. The van der Waals surface area contributed by atoms with Crippen LogP contribution < -0.4 is 5.73 Å². The highest BCUT2D eigenvalue weighted by molar-refractivity contribution is 7.90. The Labute approximate surface area is 201 Å². The number of sulfone groups is 1. The molecule has 0 aliphatic carbocycles.